The summed E-state index contributed by atoms with van der Waals surface area (Å²) >= 11 is 3.40. The average molecular weight is 301 g/mol. The molecule has 0 aliphatic carbocycles. The smallest absolute Gasteiger partial charge is 0.221 e. The van der Waals surface area contributed by atoms with E-state index in [1.807, 2.05) is 25.1 Å². The van der Waals surface area contributed by atoms with E-state index < -0.39 is 0 Å². The molecule has 0 bridgehead atoms. The van der Waals surface area contributed by atoms with E-state index >= 15 is 0 Å². The lowest BCUT2D eigenvalue weighted by atomic mass is 10.3. The molecule has 1 aromatic rings. The number of ether oxygens (including phenoxy) is 1. The monoisotopic (exact) mass is 300 g/mol. The maximum absolute atomic E-state index is 11.2. The van der Waals surface area contributed by atoms with Crippen molar-refractivity contribution in [1.29, 1.82) is 0 Å². The highest BCUT2D eigenvalue weighted by Gasteiger charge is 2.01. The number of rotatable bonds is 6. The van der Waals surface area contributed by atoms with Crippen LogP contribution in [0, 0.1) is 0 Å². The van der Waals surface area contributed by atoms with Crippen molar-refractivity contribution >= 4 is 27.5 Å². The number of halogens is 1. The summed E-state index contributed by atoms with van der Waals surface area (Å²) in [4.78, 5) is 11.2. The SMILES string of the molecule is CCNC(=O)CCNc1cc(Br)cc(OC)c1. The molecular weight excluding hydrogens is 284 g/mol. The van der Waals surface area contributed by atoms with Crippen LogP contribution in [0.1, 0.15) is 13.3 Å². The zero-order valence-electron chi connectivity index (χ0n) is 10.0. The molecule has 1 amide bonds. The van der Waals surface area contributed by atoms with Crippen molar-refractivity contribution in [1.82, 2.24) is 5.32 Å². The van der Waals surface area contributed by atoms with Gasteiger partial charge in [-0.2, -0.15) is 0 Å². The summed E-state index contributed by atoms with van der Waals surface area (Å²) in [5.41, 5.74) is 0.931. The largest absolute Gasteiger partial charge is 0.497 e. The van der Waals surface area contributed by atoms with Gasteiger partial charge in [0.25, 0.3) is 0 Å². The zero-order valence-corrected chi connectivity index (χ0v) is 11.6. The van der Waals surface area contributed by atoms with Crippen molar-refractivity contribution in [2.45, 2.75) is 13.3 Å². The van der Waals surface area contributed by atoms with Crippen molar-refractivity contribution in [3.63, 3.8) is 0 Å². The summed E-state index contributed by atoms with van der Waals surface area (Å²) in [6.45, 7) is 3.18. The first-order valence-electron chi connectivity index (χ1n) is 5.51. The van der Waals surface area contributed by atoms with E-state index in [-0.39, 0.29) is 5.91 Å². The van der Waals surface area contributed by atoms with E-state index in [4.69, 9.17) is 4.74 Å². The Kier molecular flexibility index (Phi) is 5.83. The number of anilines is 1. The molecule has 2 N–H and O–H groups in total. The summed E-state index contributed by atoms with van der Waals surface area (Å²) in [7, 11) is 1.63. The average Bonchev–Trinajstić information content (AvgIpc) is 2.28. The Morgan fingerprint density at radius 2 is 2.18 bits per heavy atom. The molecule has 0 aromatic heterocycles. The molecular formula is C12H17BrN2O2. The molecule has 0 heterocycles. The van der Waals surface area contributed by atoms with Crippen molar-refractivity contribution in [2.24, 2.45) is 0 Å². The second kappa shape index (κ2) is 7.17. The fourth-order valence-electron chi connectivity index (χ4n) is 1.39. The van der Waals surface area contributed by atoms with Gasteiger partial charge in [0.1, 0.15) is 5.75 Å². The fraction of sp³-hybridized carbons (Fsp3) is 0.417. The van der Waals surface area contributed by atoms with Gasteiger partial charge >= 0.3 is 0 Å². The molecule has 0 radical (unpaired) electrons. The summed E-state index contributed by atoms with van der Waals surface area (Å²) in [6, 6.07) is 5.72. The number of benzene rings is 1. The summed E-state index contributed by atoms with van der Waals surface area (Å²) in [5.74, 6) is 0.835. The van der Waals surface area contributed by atoms with Crippen LogP contribution in [0.4, 0.5) is 5.69 Å². The summed E-state index contributed by atoms with van der Waals surface area (Å²) in [5, 5.41) is 5.93. The molecule has 0 aliphatic heterocycles. The lowest BCUT2D eigenvalue weighted by molar-refractivity contribution is -0.120. The quantitative estimate of drug-likeness (QED) is 0.848. The van der Waals surface area contributed by atoms with Crippen LogP contribution in [0.5, 0.6) is 5.75 Å². The predicted molar refractivity (Wildman–Crippen MR) is 72.5 cm³/mol. The highest BCUT2D eigenvalue weighted by molar-refractivity contribution is 9.10. The van der Waals surface area contributed by atoms with E-state index in [0.29, 0.717) is 19.5 Å². The molecule has 0 fully saturated rings. The number of carbonyl (C=O) groups excluding carboxylic acids is 1. The number of methoxy groups -OCH3 is 1. The maximum atomic E-state index is 11.2. The molecule has 0 unspecified atom stereocenters. The van der Waals surface area contributed by atoms with E-state index in [9.17, 15) is 4.79 Å². The first-order valence-corrected chi connectivity index (χ1v) is 6.30. The standard InChI is InChI=1S/C12H17BrN2O2/c1-3-14-12(16)4-5-15-10-6-9(13)7-11(8-10)17-2/h6-8,15H,3-5H2,1-2H3,(H,14,16). The molecule has 17 heavy (non-hydrogen) atoms. The van der Waals surface area contributed by atoms with Crippen LogP contribution in [0.25, 0.3) is 0 Å². The molecule has 4 nitrogen and oxygen atoms in total. The van der Waals surface area contributed by atoms with Crippen LogP contribution in [-0.4, -0.2) is 26.1 Å². The van der Waals surface area contributed by atoms with Crippen molar-refractivity contribution in [2.75, 3.05) is 25.5 Å². The van der Waals surface area contributed by atoms with Gasteiger partial charge < -0.3 is 15.4 Å². The minimum atomic E-state index is 0.0574. The number of hydrogen-bond acceptors (Lipinski definition) is 3. The normalized spacial score (nSPS) is 9.82. The van der Waals surface area contributed by atoms with Gasteiger partial charge in [0, 0.05) is 35.7 Å². The Balaban J connectivity index is 2.46. The van der Waals surface area contributed by atoms with Crippen LogP contribution < -0.4 is 15.4 Å². The Bertz CT molecular complexity index is 383. The lowest BCUT2D eigenvalue weighted by Crippen LogP contribution is -2.24. The van der Waals surface area contributed by atoms with E-state index in [1.165, 1.54) is 0 Å². The number of nitrogens with one attached hydrogen (secondary N) is 2. The van der Waals surface area contributed by atoms with Crippen molar-refractivity contribution in [3.05, 3.63) is 22.7 Å². The second-order valence-electron chi connectivity index (χ2n) is 3.51. The topological polar surface area (TPSA) is 50.4 Å². The highest BCUT2D eigenvalue weighted by Crippen LogP contribution is 2.24. The minimum Gasteiger partial charge on any atom is -0.497 e. The molecule has 0 atom stereocenters. The van der Waals surface area contributed by atoms with Gasteiger partial charge in [-0.05, 0) is 19.1 Å². The Morgan fingerprint density at radius 3 is 2.82 bits per heavy atom. The van der Waals surface area contributed by atoms with E-state index in [1.54, 1.807) is 7.11 Å². The second-order valence-corrected chi connectivity index (χ2v) is 4.43. The van der Waals surface area contributed by atoms with Gasteiger partial charge in [-0.15, -0.1) is 0 Å². The molecule has 1 aromatic carbocycles. The molecule has 5 heteroatoms. The van der Waals surface area contributed by atoms with Gasteiger partial charge in [-0.1, -0.05) is 15.9 Å². The van der Waals surface area contributed by atoms with Crippen LogP contribution in [0.15, 0.2) is 22.7 Å². The van der Waals surface area contributed by atoms with Gasteiger partial charge in [-0.3, -0.25) is 4.79 Å². The van der Waals surface area contributed by atoms with E-state index in [2.05, 4.69) is 26.6 Å². The fourth-order valence-corrected chi connectivity index (χ4v) is 1.86. The van der Waals surface area contributed by atoms with Gasteiger partial charge in [-0.25, -0.2) is 0 Å². The van der Waals surface area contributed by atoms with Gasteiger partial charge in [0.05, 0.1) is 7.11 Å². The van der Waals surface area contributed by atoms with E-state index in [0.717, 1.165) is 15.9 Å². The molecule has 0 spiro atoms. The third-order valence-electron chi connectivity index (χ3n) is 2.16. The molecule has 1 rings (SSSR count). The maximum Gasteiger partial charge on any atom is 0.221 e. The molecule has 0 saturated carbocycles. The first-order chi connectivity index (χ1) is 8.15. The third-order valence-corrected chi connectivity index (χ3v) is 2.62. The number of hydrogen-bond donors (Lipinski definition) is 2. The highest BCUT2D eigenvalue weighted by atomic mass is 79.9. The Labute approximate surface area is 110 Å². The number of amides is 1. The molecule has 0 saturated heterocycles. The summed E-state index contributed by atoms with van der Waals surface area (Å²) < 4.78 is 6.09. The first kappa shape index (κ1) is 13.8. The Hall–Kier alpha value is -1.23. The van der Waals surface area contributed by atoms with Crippen molar-refractivity contribution in [3.8, 4) is 5.75 Å². The third kappa shape index (κ3) is 5.08. The molecule has 0 aliphatic rings. The van der Waals surface area contributed by atoms with Crippen LogP contribution in [-0.2, 0) is 4.79 Å². The van der Waals surface area contributed by atoms with Gasteiger partial charge in [0.15, 0.2) is 0 Å². The minimum absolute atomic E-state index is 0.0574. The van der Waals surface area contributed by atoms with Crippen molar-refractivity contribution < 1.29 is 9.53 Å². The number of carbonyl (C=O) groups is 1. The zero-order chi connectivity index (χ0) is 12.7. The van der Waals surface area contributed by atoms with Crippen LogP contribution >= 0.6 is 15.9 Å². The van der Waals surface area contributed by atoms with Crippen LogP contribution in [0.3, 0.4) is 0 Å². The Morgan fingerprint density at radius 1 is 1.41 bits per heavy atom. The summed E-state index contributed by atoms with van der Waals surface area (Å²) in [6.07, 6.45) is 0.461. The van der Waals surface area contributed by atoms with Crippen LogP contribution in [0.2, 0.25) is 0 Å². The molecule has 94 valence electrons. The lowest BCUT2D eigenvalue weighted by Gasteiger charge is -2.09. The van der Waals surface area contributed by atoms with Gasteiger partial charge in [0.2, 0.25) is 5.91 Å². The predicted octanol–water partition coefficient (Wildman–Crippen LogP) is 2.40.